The Bertz CT molecular complexity index is 4210. The van der Waals surface area contributed by atoms with Gasteiger partial charge in [-0.2, -0.15) is 10.5 Å². The van der Waals surface area contributed by atoms with Crippen molar-refractivity contribution >= 4 is 60.7 Å². The van der Waals surface area contributed by atoms with Gasteiger partial charge in [-0.15, -0.1) is 0 Å². The molecule has 15 rings (SSSR count). The number of nitrogens with zero attached hydrogens (tertiary/aromatic N) is 7. The fourth-order valence-corrected chi connectivity index (χ4v) is 11.7. The zero-order valence-corrected chi connectivity index (χ0v) is 37.0. The van der Waals surface area contributed by atoms with Crippen LogP contribution in [0, 0.1) is 22.7 Å². The van der Waals surface area contributed by atoms with Crippen molar-refractivity contribution in [2.45, 2.75) is 5.41 Å². The van der Waals surface area contributed by atoms with E-state index < -0.39 is 5.41 Å². The van der Waals surface area contributed by atoms with Gasteiger partial charge in [-0.25, -0.2) is 0 Å². The van der Waals surface area contributed by atoms with Gasteiger partial charge in [0, 0.05) is 56.2 Å². The molecule has 0 amide bonds. The zero-order chi connectivity index (χ0) is 46.2. The summed E-state index contributed by atoms with van der Waals surface area (Å²) in [5, 5.41) is 24.3. The number of ether oxygens (including phenoxy) is 2. The average molecular weight is 896 g/mol. The van der Waals surface area contributed by atoms with E-state index in [0.717, 1.165) is 106 Å². The Hall–Kier alpha value is -9.96. The summed E-state index contributed by atoms with van der Waals surface area (Å²) in [6.07, 6.45) is 3.79. The van der Waals surface area contributed by atoms with Gasteiger partial charge >= 0.3 is 0 Å². The number of hydrogen-bond acceptors (Lipinski definition) is 7. The topological polar surface area (TPSA) is 105 Å². The number of rotatable bonds is 3. The Morgan fingerprint density at radius 1 is 0.414 bits per heavy atom. The van der Waals surface area contributed by atoms with Crippen molar-refractivity contribution < 1.29 is 9.47 Å². The molecule has 0 saturated carbocycles. The maximum Gasteiger partial charge on any atom is 0.151 e. The average Bonchev–Trinajstić information content (AvgIpc) is 4.04. The number of nitriles is 2. The number of pyridine rings is 2. The lowest BCUT2D eigenvalue weighted by molar-refractivity contribution is 0.435. The zero-order valence-electron chi connectivity index (χ0n) is 37.0. The summed E-state index contributed by atoms with van der Waals surface area (Å²) in [6.45, 7) is 0. The molecule has 70 heavy (non-hydrogen) atoms. The quantitative estimate of drug-likeness (QED) is 0.174. The highest BCUT2D eigenvalue weighted by Crippen LogP contribution is 2.64. The molecule has 12 aromatic rings. The fraction of sp³-hybridized carbons (Fsp3) is 0.0164. The highest BCUT2D eigenvalue weighted by Gasteiger charge is 2.54. The third-order valence-corrected chi connectivity index (χ3v) is 14.5. The van der Waals surface area contributed by atoms with Crippen LogP contribution >= 0.6 is 0 Å². The van der Waals surface area contributed by atoms with Gasteiger partial charge in [-0.05, 0) is 109 Å². The van der Waals surface area contributed by atoms with Crippen LogP contribution in [-0.2, 0) is 5.41 Å². The molecule has 4 aromatic heterocycles. The van der Waals surface area contributed by atoms with Crippen molar-refractivity contribution in [3.8, 4) is 57.9 Å². The Kier molecular flexibility index (Phi) is 7.65. The molecule has 3 aliphatic rings. The second kappa shape index (κ2) is 14.0. The van der Waals surface area contributed by atoms with Crippen LogP contribution in [0.3, 0.4) is 0 Å². The maximum atomic E-state index is 10.1. The Balaban J connectivity index is 1.07. The molecule has 1 unspecified atom stereocenters. The Morgan fingerprint density at radius 3 is 1.69 bits per heavy atom. The number of aromatic nitrogens is 4. The van der Waals surface area contributed by atoms with E-state index in [2.05, 4.69) is 129 Å². The molecule has 9 heteroatoms. The van der Waals surface area contributed by atoms with Crippen LogP contribution in [0.4, 0.5) is 17.1 Å². The minimum absolute atomic E-state index is 0.534. The van der Waals surface area contributed by atoms with E-state index in [1.807, 2.05) is 97.3 Å². The van der Waals surface area contributed by atoms with Crippen molar-refractivity contribution in [2.24, 2.45) is 0 Å². The maximum absolute atomic E-state index is 10.1. The Morgan fingerprint density at radius 2 is 1.00 bits per heavy atom. The predicted molar refractivity (Wildman–Crippen MR) is 272 cm³/mol. The summed E-state index contributed by atoms with van der Waals surface area (Å²) < 4.78 is 18.4. The molecule has 0 bridgehead atoms. The summed E-state index contributed by atoms with van der Waals surface area (Å²) >= 11 is 0. The lowest BCUT2D eigenvalue weighted by Gasteiger charge is -2.41. The van der Waals surface area contributed by atoms with Gasteiger partial charge in [0.2, 0.25) is 0 Å². The van der Waals surface area contributed by atoms with Crippen LogP contribution in [0.15, 0.2) is 200 Å². The van der Waals surface area contributed by atoms with E-state index >= 15 is 0 Å². The molecule has 0 fully saturated rings. The summed E-state index contributed by atoms with van der Waals surface area (Å²) in [6, 6.07) is 68.9. The highest BCUT2D eigenvalue weighted by atomic mass is 16.5. The van der Waals surface area contributed by atoms with Crippen molar-refractivity contribution in [1.29, 1.82) is 10.5 Å². The lowest BCUT2D eigenvalue weighted by Crippen LogP contribution is -2.34. The number of benzene rings is 8. The van der Waals surface area contributed by atoms with Gasteiger partial charge in [-0.1, -0.05) is 78.9 Å². The molecular weight excluding hydrogens is 863 g/mol. The van der Waals surface area contributed by atoms with Gasteiger partial charge in [0.05, 0.1) is 91.1 Å². The molecular formula is C61H33N7O2. The van der Waals surface area contributed by atoms with Crippen molar-refractivity contribution in [2.75, 3.05) is 4.90 Å². The molecule has 1 aliphatic carbocycles. The molecule has 0 saturated heterocycles. The van der Waals surface area contributed by atoms with Gasteiger partial charge in [0.1, 0.15) is 11.5 Å². The van der Waals surface area contributed by atoms with E-state index in [1.165, 1.54) is 10.8 Å². The monoisotopic (exact) mass is 895 g/mol. The summed E-state index contributed by atoms with van der Waals surface area (Å²) in [4.78, 5) is 12.8. The predicted octanol–water partition coefficient (Wildman–Crippen LogP) is 14.5. The molecule has 9 nitrogen and oxygen atoms in total. The number of hydrogen-bond donors (Lipinski definition) is 0. The lowest BCUT2D eigenvalue weighted by atomic mass is 9.65. The van der Waals surface area contributed by atoms with Gasteiger partial charge < -0.3 is 23.5 Å². The van der Waals surface area contributed by atoms with Crippen LogP contribution in [0.5, 0.6) is 23.0 Å². The normalized spacial score (nSPS) is 14.8. The number of anilines is 3. The molecule has 8 aromatic carbocycles. The van der Waals surface area contributed by atoms with E-state index in [1.54, 1.807) is 0 Å². The Labute approximate surface area is 400 Å². The second-order valence-corrected chi connectivity index (χ2v) is 17.9. The van der Waals surface area contributed by atoms with E-state index in [0.29, 0.717) is 22.6 Å². The largest absolute Gasteiger partial charge is 0.457 e. The first-order valence-electron chi connectivity index (χ1n) is 23.1. The molecule has 324 valence electrons. The van der Waals surface area contributed by atoms with E-state index in [9.17, 15) is 10.5 Å². The van der Waals surface area contributed by atoms with Crippen LogP contribution in [0.1, 0.15) is 33.4 Å². The van der Waals surface area contributed by atoms with Crippen molar-refractivity contribution in [1.82, 2.24) is 19.1 Å². The van der Waals surface area contributed by atoms with Gasteiger partial charge in [-0.3, -0.25) is 9.97 Å². The van der Waals surface area contributed by atoms with Gasteiger partial charge in [0.15, 0.2) is 11.5 Å². The number of fused-ring (bicyclic) bond motifs is 17. The first-order chi connectivity index (χ1) is 34.6. The van der Waals surface area contributed by atoms with Crippen LogP contribution < -0.4 is 14.4 Å². The molecule has 0 N–H and O–H groups in total. The molecule has 1 spiro atoms. The smallest absolute Gasteiger partial charge is 0.151 e. The minimum Gasteiger partial charge on any atom is -0.457 e. The molecule has 1 atom stereocenters. The third kappa shape index (κ3) is 4.96. The highest BCUT2D eigenvalue weighted by molar-refractivity contribution is 6.11. The van der Waals surface area contributed by atoms with Crippen LogP contribution in [0.2, 0.25) is 0 Å². The minimum atomic E-state index is -1.05. The summed E-state index contributed by atoms with van der Waals surface area (Å²) in [5.41, 5.74) is 13.8. The molecule has 0 radical (unpaired) electrons. The SMILES string of the molecule is N#Cc1ccc2c(c1)c1cc(C#N)ccc1n2-c1cccc2c1C1(c3ccc(-n4c5ccccc5c5ccccc54)cc3O2)c2cccnc2-c2ncc(N3c4ccccc4Oc4ccccc43)cc21. The second-order valence-electron chi connectivity index (χ2n) is 17.9. The third-order valence-electron chi connectivity index (χ3n) is 14.5. The summed E-state index contributed by atoms with van der Waals surface area (Å²) in [5.74, 6) is 2.87. The van der Waals surface area contributed by atoms with Crippen LogP contribution in [-0.4, -0.2) is 19.1 Å². The van der Waals surface area contributed by atoms with E-state index in [4.69, 9.17) is 19.4 Å². The van der Waals surface area contributed by atoms with Crippen LogP contribution in [0.25, 0.3) is 66.4 Å². The van der Waals surface area contributed by atoms with Gasteiger partial charge in [0.25, 0.3) is 0 Å². The first kappa shape index (κ1) is 38.2. The van der Waals surface area contributed by atoms with Crippen molar-refractivity contribution in [3.63, 3.8) is 0 Å². The standard InChI is InChI=1S/C61H33N7O2/c62-33-36-22-26-49-42(29-36)43-30-37(34-63)23-27-50(43)68(49)53-18-9-21-56-58(53)61(44-25-24-38(32-57(44)70-56)66-47-14-3-1-11-40(47)41-12-2-4-15-48(41)66)45-13-10-28-64-59(45)60-46(61)31-39(35-65-60)67-51-16-5-7-19-54(51)69-55-20-8-6-17-52(55)67/h1-32,35H. The van der Waals surface area contributed by atoms with Crippen molar-refractivity contribution in [3.05, 3.63) is 234 Å². The first-order valence-corrected chi connectivity index (χ1v) is 23.1. The molecule has 2 aliphatic heterocycles. The number of para-hydroxylation sites is 6. The fourth-order valence-electron chi connectivity index (χ4n) is 11.7. The molecule has 6 heterocycles. The summed E-state index contributed by atoms with van der Waals surface area (Å²) in [7, 11) is 0. The van der Waals surface area contributed by atoms with E-state index in [-0.39, 0.29) is 0 Å².